The maximum Gasteiger partial charge on any atom is 0.270 e. The highest BCUT2D eigenvalue weighted by Crippen LogP contribution is 2.25. The fraction of sp³-hybridized carbons (Fsp3) is 0.258. The fourth-order valence-electron chi connectivity index (χ4n) is 4.87. The van der Waals surface area contributed by atoms with Crippen LogP contribution in [0.25, 0.3) is 11.4 Å². The summed E-state index contributed by atoms with van der Waals surface area (Å²) in [7, 11) is 0. The highest BCUT2D eigenvalue weighted by atomic mass is 32.1. The Hall–Kier alpha value is -4.75. The van der Waals surface area contributed by atoms with Crippen molar-refractivity contribution in [2.24, 2.45) is 11.8 Å². The van der Waals surface area contributed by atoms with E-state index in [-0.39, 0.29) is 23.2 Å². The number of nitrogens with one attached hydrogen (secondary N) is 4. The molecule has 0 spiro atoms. The number of carbonyl (C=O) groups excluding carboxylic acids is 2. The predicted octanol–water partition coefficient (Wildman–Crippen LogP) is 5.82. The summed E-state index contributed by atoms with van der Waals surface area (Å²) in [4.78, 5) is 31.4. The van der Waals surface area contributed by atoms with Crippen LogP contribution in [-0.4, -0.2) is 46.3 Å². The Morgan fingerprint density at radius 3 is 1.39 bits per heavy atom. The van der Waals surface area contributed by atoms with Crippen molar-refractivity contribution in [3.05, 3.63) is 111 Å². The van der Waals surface area contributed by atoms with Crippen LogP contribution in [0.15, 0.2) is 78.9 Å². The number of benzene rings is 2. The molecular formula is C31H33N9O2S2. The maximum atomic E-state index is 13.5. The third-order valence-corrected chi connectivity index (χ3v) is 7.65. The van der Waals surface area contributed by atoms with E-state index in [2.05, 4.69) is 36.0 Å². The molecule has 0 aliphatic heterocycles. The topological polar surface area (TPSA) is 138 Å². The molecule has 44 heavy (non-hydrogen) atoms. The zero-order valence-electron chi connectivity index (χ0n) is 24.7. The lowest BCUT2D eigenvalue weighted by molar-refractivity contribution is 0.0912. The monoisotopic (exact) mass is 627 g/mol. The Bertz CT molecular complexity index is 1740. The van der Waals surface area contributed by atoms with Crippen LogP contribution in [0.4, 0.5) is 0 Å². The van der Waals surface area contributed by atoms with Gasteiger partial charge in [-0.25, -0.2) is 4.98 Å². The molecule has 2 atom stereocenters. The van der Waals surface area contributed by atoms with E-state index < -0.39 is 23.9 Å². The van der Waals surface area contributed by atoms with E-state index >= 15 is 0 Å². The predicted molar refractivity (Wildman–Crippen MR) is 172 cm³/mol. The molecule has 0 aliphatic rings. The molecule has 0 fully saturated rings. The summed E-state index contributed by atoms with van der Waals surface area (Å²) in [5.41, 5.74) is 1.84. The fourth-order valence-corrected chi connectivity index (χ4v) is 5.35. The minimum absolute atomic E-state index is 0.0377. The second-order valence-corrected chi connectivity index (χ2v) is 11.7. The van der Waals surface area contributed by atoms with Crippen LogP contribution >= 0.6 is 24.4 Å². The molecule has 2 amide bonds. The summed E-state index contributed by atoms with van der Waals surface area (Å²) in [6.07, 6.45) is 0. The molecule has 13 heteroatoms. The van der Waals surface area contributed by atoms with Gasteiger partial charge >= 0.3 is 0 Å². The van der Waals surface area contributed by atoms with Gasteiger partial charge in [0, 0.05) is 11.4 Å². The maximum absolute atomic E-state index is 13.5. The second kappa shape index (κ2) is 13.3. The molecular weight excluding hydrogens is 595 g/mol. The van der Waals surface area contributed by atoms with Crippen molar-refractivity contribution in [3.8, 4) is 11.4 Å². The molecule has 0 saturated heterocycles. The Morgan fingerprint density at radius 1 is 0.636 bits per heavy atom. The molecule has 3 aromatic heterocycles. The highest BCUT2D eigenvalue weighted by Gasteiger charge is 2.28. The summed E-state index contributed by atoms with van der Waals surface area (Å²) in [6.45, 7) is 7.91. The number of rotatable bonds is 10. The molecule has 5 aromatic rings. The van der Waals surface area contributed by atoms with Crippen molar-refractivity contribution >= 4 is 36.3 Å². The standard InChI is InChI=1S/C31H33N9O2S2/c1-18(2)24(26-35-37-30(43)39(26)20-12-7-5-8-13-20)33-28(41)22-16-11-17-23(32-22)29(42)34-25(19(3)4)27-36-38-31(44)40(27)21-14-9-6-10-15-21/h5-19,24-25H,1-4H3,(H,33,41)(H,34,42)(H,37,43)(H,38,44)/t24-,25-/m0/s1. The first-order valence-corrected chi connectivity index (χ1v) is 15.0. The van der Waals surface area contributed by atoms with Crippen molar-refractivity contribution in [3.63, 3.8) is 0 Å². The normalized spacial score (nSPS) is 12.7. The van der Waals surface area contributed by atoms with Crippen LogP contribution in [0, 0.1) is 21.4 Å². The average Bonchev–Trinajstić information content (AvgIpc) is 3.60. The summed E-state index contributed by atoms with van der Waals surface area (Å²) in [5.74, 6) is 0.151. The molecule has 0 saturated carbocycles. The van der Waals surface area contributed by atoms with Gasteiger partial charge in [0.1, 0.15) is 11.4 Å². The quantitative estimate of drug-likeness (QED) is 0.143. The first-order valence-electron chi connectivity index (χ1n) is 14.2. The lowest BCUT2D eigenvalue weighted by atomic mass is 10.0. The van der Waals surface area contributed by atoms with Crippen LogP contribution in [-0.2, 0) is 0 Å². The number of hydrogen-bond donors (Lipinski definition) is 4. The number of aromatic nitrogens is 7. The Kier molecular flexibility index (Phi) is 9.26. The van der Waals surface area contributed by atoms with Crippen molar-refractivity contribution in [1.29, 1.82) is 0 Å². The zero-order valence-corrected chi connectivity index (χ0v) is 26.3. The van der Waals surface area contributed by atoms with Crippen molar-refractivity contribution < 1.29 is 9.59 Å². The van der Waals surface area contributed by atoms with E-state index in [4.69, 9.17) is 24.4 Å². The van der Waals surface area contributed by atoms with E-state index in [0.717, 1.165) is 11.4 Å². The van der Waals surface area contributed by atoms with Crippen LogP contribution in [0.5, 0.6) is 0 Å². The zero-order chi connectivity index (χ0) is 31.4. The molecule has 0 bridgehead atoms. The van der Waals surface area contributed by atoms with E-state index in [1.807, 2.05) is 88.4 Å². The van der Waals surface area contributed by atoms with Gasteiger partial charge in [0.05, 0.1) is 12.1 Å². The van der Waals surface area contributed by atoms with Gasteiger partial charge in [-0.2, -0.15) is 10.2 Å². The molecule has 0 radical (unpaired) electrons. The molecule has 2 aromatic carbocycles. The van der Waals surface area contributed by atoms with E-state index in [1.165, 1.54) is 0 Å². The minimum atomic E-state index is -0.499. The van der Waals surface area contributed by atoms with Gasteiger partial charge in [-0.3, -0.25) is 28.9 Å². The number of nitrogens with zero attached hydrogens (tertiary/aromatic N) is 5. The summed E-state index contributed by atoms with van der Waals surface area (Å²) in [6, 6.07) is 22.9. The van der Waals surface area contributed by atoms with Gasteiger partial charge in [-0.1, -0.05) is 70.2 Å². The van der Waals surface area contributed by atoms with Gasteiger partial charge in [-0.15, -0.1) is 0 Å². The number of carbonyl (C=O) groups is 2. The van der Waals surface area contributed by atoms with Crippen LogP contribution < -0.4 is 10.6 Å². The Morgan fingerprint density at radius 2 is 1.02 bits per heavy atom. The molecule has 3 heterocycles. The summed E-state index contributed by atoms with van der Waals surface area (Å²) < 4.78 is 4.43. The number of amides is 2. The van der Waals surface area contributed by atoms with E-state index in [1.54, 1.807) is 27.3 Å². The summed E-state index contributed by atoms with van der Waals surface area (Å²) in [5, 5.41) is 20.7. The van der Waals surface area contributed by atoms with Crippen LogP contribution in [0.2, 0.25) is 0 Å². The van der Waals surface area contributed by atoms with Crippen molar-refractivity contribution in [2.75, 3.05) is 0 Å². The number of hydrogen-bond acceptors (Lipinski definition) is 7. The van der Waals surface area contributed by atoms with E-state index in [0.29, 0.717) is 21.2 Å². The third-order valence-electron chi connectivity index (χ3n) is 7.10. The summed E-state index contributed by atoms with van der Waals surface area (Å²) >= 11 is 11.0. The number of H-pyrrole nitrogens is 2. The molecule has 5 rings (SSSR count). The first kappa shape index (κ1) is 30.7. The van der Waals surface area contributed by atoms with E-state index in [9.17, 15) is 9.59 Å². The smallest absolute Gasteiger partial charge is 0.270 e. The minimum Gasteiger partial charge on any atom is -0.340 e. The van der Waals surface area contributed by atoms with Crippen LogP contribution in [0.3, 0.4) is 0 Å². The molecule has 11 nitrogen and oxygen atoms in total. The number of para-hydroxylation sites is 2. The number of pyridine rings is 1. The van der Waals surface area contributed by atoms with Crippen molar-refractivity contribution in [2.45, 2.75) is 39.8 Å². The van der Waals surface area contributed by atoms with Gasteiger partial charge < -0.3 is 10.6 Å². The molecule has 0 aliphatic carbocycles. The lowest BCUT2D eigenvalue weighted by Gasteiger charge is -2.23. The molecule has 226 valence electrons. The lowest BCUT2D eigenvalue weighted by Crippen LogP contribution is -2.36. The highest BCUT2D eigenvalue weighted by molar-refractivity contribution is 7.71. The molecule has 4 N–H and O–H groups in total. The van der Waals surface area contributed by atoms with Crippen molar-refractivity contribution in [1.82, 2.24) is 45.1 Å². The van der Waals surface area contributed by atoms with Gasteiger partial charge in [-0.05, 0) is 72.7 Å². The van der Waals surface area contributed by atoms with Gasteiger partial charge in [0.2, 0.25) is 0 Å². The third kappa shape index (κ3) is 6.43. The average molecular weight is 628 g/mol. The second-order valence-electron chi connectivity index (χ2n) is 10.9. The largest absolute Gasteiger partial charge is 0.340 e. The number of aromatic amines is 2. The first-order chi connectivity index (χ1) is 21.2. The Balaban J connectivity index is 1.39. The van der Waals surface area contributed by atoms with Gasteiger partial charge in [0.15, 0.2) is 21.2 Å². The van der Waals surface area contributed by atoms with Gasteiger partial charge in [0.25, 0.3) is 11.8 Å². The Labute approximate surface area is 264 Å². The SMILES string of the molecule is CC(C)[C@H](NC(=O)c1cccc(C(=O)N[C@H](c2n[nH]c(=S)n2-c2ccccc2)C(C)C)n1)c1n[nH]c(=S)n1-c1ccccc1. The molecule has 0 unspecified atom stereocenters. The van der Waals surface area contributed by atoms with Crippen LogP contribution in [0.1, 0.15) is 72.4 Å².